The number of hydrogen-bond donors (Lipinski definition) is 2. The zero-order chi connectivity index (χ0) is 23.5. The fraction of sp³-hybridized carbons (Fsp3) is 0.480. The molecule has 8 heteroatoms. The third-order valence-electron chi connectivity index (χ3n) is 6.77. The number of nitrogens with zero attached hydrogens (tertiary/aromatic N) is 1. The van der Waals surface area contributed by atoms with Crippen molar-refractivity contribution in [2.45, 2.75) is 38.5 Å². The molecule has 1 atom stereocenters. The van der Waals surface area contributed by atoms with Gasteiger partial charge in [0.05, 0.1) is 12.2 Å². The molecule has 4 rings (SSSR count). The first-order valence-corrected chi connectivity index (χ1v) is 11.3. The number of likely N-dealkylation sites (tertiary alicyclic amines) is 1. The average Bonchev–Trinajstić information content (AvgIpc) is 3.52. The molecule has 33 heavy (non-hydrogen) atoms. The van der Waals surface area contributed by atoms with Crippen LogP contribution in [0.1, 0.15) is 36.0 Å². The SMILES string of the molecule is O=C(NCc1cccc(C(F)(F)F)c1)C1CC12CCN(Cc1ccc(OCCO)cc1)CC2. The van der Waals surface area contributed by atoms with Gasteiger partial charge in [-0.3, -0.25) is 9.69 Å². The molecule has 1 heterocycles. The van der Waals surface area contributed by atoms with E-state index < -0.39 is 11.7 Å². The lowest BCUT2D eigenvalue weighted by Crippen LogP contribution is -2.36. The van der Waals surface area contributed by atoms with Gasteiger partial charge in [0.15, 0.2) is 0 Å². The van der Waals surface area contributed by atoms with Crippen molar-refractivity contribution in [1.82, 2.24) is 10.2 Å². The van der Waals surface area contributed by atoms with Crippen molar-refractivity contribution in [3.8, 4) is 5.75 Å². The minimum atomic E-state index is -4.38. The molecule has 2 N–H and O–H groups in total. The van der Waals surface area contributed by atoms with Crippen molar-refractivity contribution in [1.29, 1.82) is 0 Å². The maximum Gasteiger partial charge on any atom is 0.416 e. The quantitative estimate of drug-likeness (QED) is 0.623. The lowest BCUT2D eigenvalue weighted by atomic mass is 9.90. The van der Waals surface area contributed by atoms with Crippen molar-refractivity contribution >= 4 is 5.91 Å². The van der Waals surface area contributed by atoms with Gasteiger partial charge in [0, 0.05) is 19.0 Å². The van der Waals surface area contributed by atoms with Gasteiger partial charge in [-0.15, -0.1) is 0 Å². The topological polar surface area (TPSA) is 61.8 Å². The predicted octanol–water partition coefficient (Wildman–Crippen LogP) is 4.00. The summed E-state index contributed by atoms with van der Waals surface area (Å²) < 4.78 is 44.0. The molecular weight excluding hydrogens is 433 g/mol. The summed E-state index contributed by atoms with van der Waals surface area (Å²) >= 11 is 0. The van der Waals surface area contributed by atoms with Crippen LogP contribution < -0.4 is 10.1 Å². The van der Waals surface area contributed by atoms with E-state index in [-0.39, 0.29) is 37.0 Å². The summed E-state index contributed by atoms with van der Waals surface area (Å²) in [5, 5.41) is 11.7. The van der Waals surface area contributed by atoms with Gasteiger partial charge >= 0.3 is 6.18 Å². The molecule has 2 aromatic rings. The molecule has 178 valence electrons. The molecule has 2 aromatic carbocycles. The first-order valence-electron chi connectivity index (χ1n) is 11.3. The van der Waals surface area contributed by atoms with Crippen LogP contribution in [0.15, 0.2) is 48.5 Å². The van der Waals surface area contributed by atoms with Crippen molar-refractivity contribution in [2.24, 2.45) is 11.3 Å². The Labute approximate surface area is 191 Å². The van der Waals surface area contributed by atoms with E-state index >= 15 is 0 Å². The molecule has 1 aliphatic carbocycles. The number of rotatable bonds is 8. The Bertz CT molecular complexity index is 954. The smallest absolute Gasteiger partial charge is 0.416 e. The first-order chi connectivity index (χ1) is 15.8. The van der Waals surface area contributed by atoms with Crippen LogP contribution in [-0.2, 0) is 24.1 Å². The number of aliphatic hydroxyl groups is 1. The number of ether oxygens (including phenoxy) is 1. The van der Waals surface area contributed by atoms with Crippen LogP contribution in [0.3, 0.4) is 0 Å². The summed E-state index contributed by atoms with van der Waals surface area (Å²) in [6.45, 7) is 3.05. The van der Waals surface area contributed by atoms with Gasteiger partial charge in [-0.2, -0.15) is 13.2 Å². The molecule has 1 saturated heterocycles. The number of aliphatic hydroxyl groups excluding tert-OH is 1. The van der Waals surface area contributed by atoms with Crippen molar-refractivity contribution in [3.05, 3.63) is 65.2 Å². The second-order valence-corrected chi connectivity index (χ2v) is 9.03. The second-order valence-electron chi connectivity index (χ2n) is 9.03. The van der Waals surface area contributed by atoms with Gasteiger partial charge in [-0.1, -0.05) is 24.3 Å². The highest BCUT2D eigenvalue weighted by Crippen LogP contribution is 2.59. The van der Waals surface area contributed by atoms with Gasteiger partial charge in [0.1, 0.15) is 12.4 Å². The fourth-order valence-corrected chi connectivity index (χ4v) is 4.71. The van der Waals surface area contributed by atoms with Crippen LogP contribution in [0.2, 0.25) is 0 Å². The van der Waals surface area contributed by atoms with Gasteiger partial charge in [-0.25, -0.2) is 0 Å². The Kier molecular flexibility index (Phi) is 6.95. The standard InChI is InChI=1S/C25H29F3N2O3/c26-25(27,28)20-3-1-2-19(14-20)16-29-23(32)22-15-24(22)8-10-30(11-9-24)17-18-4-6-21(7-5-18)33-13-12-31/h1-7,14,22,31H,8-13,15-17H2,(H,29,32). The Morgan fingerprint density at radius 1 is 1.12 bits per heavy atom. The summed E-state index contributed by atoms with van der Waals surface area (Å²) in [7, 11) is 0. The van der Waals surface area contributed by atoms with Crippen LogP contribution >= 0.6 is 0 Å². The van der Waals surface area contributed by atoms with Crippen molar-refractivity contribution in [3.63, 3.8) is 0 Å². The lowest BCUT2D eigenvalue weighted by Gasteiger charge is -2.32. The van der Waals surface area contributed by atoms with E-state index in [2.05, 4.69) is 10.2 Å². The maximum absolute atomic E-state index is 12.9. The molecule has 1 amide bonds. The first kappa shape index (κ1) is 23.6. The second kappa shape index (κ2) is 9.73. The highest BCUT2D eigenvalue weighted by atomic mass is 19.4. The van der Waals surface area contributed by atoms with E-state index in [1.165, 1.54) is 11.6 Å². The number of benzene rings is 2. The normalized spacial score (nSPS) is 19.9. The number of hydrogen-bond acceptors (Lipinski definition) is 4. The largest absolute Gasteiger partial charge is 0.491 e. The molecule has 0 radical (unpaired) electrons. The van der Waals surface area contributed by atoms with E-state index in [0.717, 1.165) is 56.8 Å². The third kappa shape index (κ3) is 5.86. The highest BCUT2D eigenvalue weighted by Gasteiger charge is 2.58. The average molecular weight is 463 g/mol. The van der Waals surface area contributed by atoms with Crippen LogP contribution in [0.5, 0.6) is 5.75 Å². The summed E-state index contributed by atoms with van der Waals surface area (Å²) in [5.41, 5.74) is 0.983. The zero-order valence-electron chi connectivity index (χ0n) is 18.4. The van der Waals surface area contributed by atoms with Crippen molar-refractivity contribution < 1.29 is 27.8 Å². The van der Waals surface area contributed by atoms with E-state index in [1.807, 2.05) is 24.3 Å². The number of alkyl halides is 3. The Morgan fingerprint density at radius 2 is 1.85 bits per heavy atom. The number of halogens is 3. The molecule has 2 fully saturated rings. The zero-order valence-corrected chi connectivity index (χ0v) is 18.4. The van der Waals surface area contributed by atoms with Gasteiger partial charge in [0.2, 0.25) is 5.91 Å². The van der Waals surface area contributed by atoms with E-state index in [4.69, 9.17) is 9.84 Å². The number of amides is 1. The van der Waals surface area contributed by atoms with Gasteiger partial charge in [0.25, 0.3) is 0 Å². The molecule has 0 aromatic heterocycles. The lowest BCUT2D eigenvalue weighted by molar-refractivity contribution is -0.137. The Morgan fingerprint density at radius 3 is 2.52 bits per heavy atom. The summed E-state index contributed by atoms with van der Waals surface area (Å²) in [5.74, 6) is 0.634. The fourth-order valence-electron chi connectivity index (χ4n) is 4.71. The predicted molar refractivity (Wildman–Crippen MR) is 117 cm³/mol. The Hall–Kier alpha value is -2.58. The Balaban J connectivity index is 1.22. The number of carbonyl (C=O) groups excluding carboxylic acids is 1. The number of nitrogens with one attached hydrogen (secondary N) is 1. The van der Waals surface area contributed by atoms with Crippen molar-refractivity contribution in [2.75, 3.05) is 26.3 Å². The summed E-state index contributed by atoms with van der Waals surface area (Å²) in [6.07, 6.45) is -1.63. The molecule has 1 unspecified atom stereocenters. The van der Waals surface area contributed by atoms with Gasteiger partial charge < -0.3 is 15.2 Å². The molecule has 0 bridgehead atoms. The third-order valence-corrected chi connectivity index (χ3v) is 6.77. The minimum Gasteiger partial charge on any atom is -0.491 e. The molecule has 1 saturated carbocycles. The molecule has 1 spiro atoms. The molecular formula is C25H29F3N2O3. The van der Waals surface area contributed by atoms with Gasteiger partial charge in [-0.05, 0) is 73.2 Å². The number of piperidine rings is 1. The molecule has 5 nitrogen and oxygen atoms in total. The van der Waals surface area contributed by atoms with Crippen LogP contribution in [0, 0.1) is 11.3 Å². The molecule has 1 aliphatic heterocycles. The van der Waals surface area contributed by atoms with Crippen LogP contribution in [-0.4, -0.2) is 42.2 Å². The van der Waals surface area contributed by atoms with E-state index in [9.17, 15) is 18.0 Å². The number of carbonyl (C=O) groups is 1. The van der Waals surface area contributed by atoms with Crippen LogP contribution in [0.4, 0.5) is 13.2 Å². The van der Waals surface area contributed by atoms with E-state index in [1.54, 1.807) is 6.07 Å². The van der Waals surface area contributed by atoms with E-state index in [0.29, 0.717) is 5.56 Å². The molecule has 2 aliphatic rings. The monoisotopic (exact) mass is 462 g/mol. The maximum atomic E-state index is 12.9. The van der Waals surface area contributed by atoms with Crippen LogP contribution in [0.25, 0.3) is 0 Å². The minimum absolute atomic E-state index is 0.0124. The summed E-state index contributed by atoms with van der Waals surface area (Å²) in [4.78, 5) is 15.0. The highest BCUT2D eigenvalue weighted by molar-refractivity contribution is 5.82. The summed E-state index contributed by atoms with van der Waals surface area (Å²) in [6, 6.07) is 13.0.